The summed E-state index contributed by atoms with van der Waals surface area (Å²) in [6.45, 7) is 0.518. The van der Waals surface area contributed by atoms with Crippen molar-refractivity contribution in [1.82, 2.24) is 0 Å². The van der Waals surface area contributed by atoms with Crippen molar-refractivity contribution in [3.05, 3.63) is 75.6 Å². The second-order valence-corrected chi connectivity index (χ2v) is 5.72. The molecule has 0 radical (unpaired) electrons. The first kappa shape index (κ1) is 17.7. The third-order valence-electron chi connectivity index (χ3n) is 3.97. The smallest absolute Gasteiger partial charge is 0.343 e. The lowest BCUT2D eigenvalue weighted by Gasteiger charge is -2.07. The molecule has 0 atom stereocenters. The Labute approximate surface area is 149 Å². The highest BCUT2D eigenvalue weighted by Crippen LogP contribution is 2.27. The molecule has 0 saturated heterocycles. The first-order valence-corrected chi connectivity index (χ1v) is 8.09. The Balaban J connectivity index is 1.80. The topological polar surface area (TPSA) is 86.0 Å². The van der Waals surface area contributed by atoms with Crippen LogP contribution >= 0.6 is 0 Å². The zero-order valence-electron chi connectivity index (χ0n) is 14.2. The summed E-state index contributed by atoms with van der Waals surface area (Å²) < 4.78 is 15.1. The summed E-state index contributed by atoms with van der Waals surface area (Å²) in [6, 6.07) is 13.5. The van der Waals surface area contributed by atoms with E-state index in [0.29, 0.717) is 23.1 Å². The van der Waals surface area contributed by atoms with Crippen LogP contribution in [0.5, 0.6) is 5.75 Å². The van der Waals surface area contributed by atoms with E-state index in [0.717, 1.165) is 5.56 Å². The average molecular weight is 354 g/mol. The maximum absolute atomic E-state index is 12.2. The summed E-state index contributed by atoms with van der Waals surface area (Å²) >= 11 is 0. The zero-order valence-corrected chi connectivity index (χ0v) is 14.2. The Morgan fingerprint density at radius 2 is 1.81 bits per heavy atom. The highest BCUT2D eigenvalue weighted by Gasteiger charge is 2.14. The van der Waals surface area contributed by atoms with E-state index in [1.807, 2.05) is 0 Å². The number of fused-ring (bicyclic) bond motifs is 1. The Hall–Kier alpha value is -3.12. The van der Waals surface area contributed by atoms with Crippen molar-refractivity contribution >= 4 is 16.9 Å². The SMILES string of the molecule is COCCOC(=O)c1ccc(Cc2c(O)c3ccccc3oc2=O)cc1. The number of hydrogen-bond donors (Lipinski definition) is 1. The van der Waals surface area contributed by atoms with Crippen LogP contribution in [0.2, 0.25) is 0 Å². The number of methoxy groups -OCH3 is 1. The highest BCUT2D eigenvalue weighted by molar-refractivity contribution is 5.89. The molecule has 0 aliphatic rings. The molecular formula is C20H18O6. The van der Waals surface area contributed by atoms with Gasteiger partial charge >= 0.3 is 11.6 Å². The Morgan fingerprint density at radius 3 is 2.54 bits per heavy atom. The fraction of sp³-hybridized carbons (Fsp3) is 0.200. The van der Waals surface area contributed by atoms with Crippen LogP contribution < -0.4 is 5.63 Å². The predicted molar refractivity (Wildman–Crippen MR) is 95.6 cm³/mol. The molecule has 0 unspecified atom stereocenters. The van der Waals surface area contributed by atoms with Crippen molar-refractivity contribution in [2.45, 2.75) is 6.42 Å². The summed E-state index contributed by atoms with van der Waals surface area (Å²) in [4.78, 5) is 24.0. The average Bonchev–Trinajstić information content (AvgIpc) is 2.66. The van der Waals surface area contributed by atoms with Gasteiger partial charge in [-0.2, -0.15) is 0 Å². The van der Waals surface area contributed by atoms with Crippen LogP contribution in [-0.4, -0.2) is 31.4 Å². The fourth-order valence-electron chi connectivity index (χ4n) is 2.59. The number of para-hydroxylation sites is 1. The monoisotopic (exact) mass is 354 g/mol. The molecule has 0 amide bonds. The van der Waals surface area contributed by atoms with E-state index in [2.05, 4.69) is 0 Å². The molecule has 0 aliphatic carbocycles. The Morgan fingerprint density at radius 1 is 1.08 bits per heavy atom. The van der Waals surface area contributed by atoms with Crippen LogP contribution in [0.25, 0.3) is 11.0 Å². The summed E-state index contributed by atoms with van der Waals surface area (Å²) in [7, 11) is 1.53. The molecule has 134 valence electrons. The van der Waals surface area contributed by atoms with Crippen LogP contribution in [0.3, 0.4) is 0 Å². The molecule has 1 aromatic heterocycles. The van der Waals surface area contributed by atoms with E-state index in [1.54, 1.807) is 48.5 Å². The standard InChI is InChI=1S/C20H18O6/c1-24-10-11-25-19(22)14-8-6-13(7-9-14)12-16-18(21)15-4-2-3-5-17(15)26-20(16)23/h2-9,21H,10-12H2,1H3. The predicted octanol–water partition coefficient (Wildman–Crippen LogP) is 2.89. The molecule has 3 aromatic rings. The molecule has 0 fully saturated rings. The zero-order chi connectivity index (χ0) is 18.5. The largest absolute Gasteiger partial charge is 0.507 e. The number of ether oxygens (including phenoxy) is 2. The molecule has 6 nitrogen and oxygen atoms in total. The molecule has 0 bridgehead atoms. The Kier molecular flexibility index (Phi) is 5.34. The van der Waals surface area contributed by atoms with Crippen molar-refractivity contribution in [2.75, 3.05) is 20.3 Å². The van der Waals surface area contributed by atoms with Crippen molar-refractivity contribution in [3.63, 3.8) is 0 Å². The number of esters is 1. The van der Waals surface area contributed by atoms with Crippen LogP contribution in [0.15, 0.2) is 57.7 Å². The van der Waals surface area contributed by atoms with Gasteiger partial charge in [0, 0.05) is 13.5 Å². The first-order valence-electron chi connectivity index (χ1n) is 8.09. The molecule has 26 heavy (non-hydrogen) atoms. The lowest BCUT2D eigenvalue weighted by Crippen LogP contribution is -2.10. The summed E-state index contributed by atoms with van der Waals surface area (Å²) in [5.41, 5.74) is 1.10. The van der Waals surface area contributed by atoms with Gasteiger partial charge in [-0.05, 0) is 29.8 Å². The van der Waals surface area contributed by atoms with Gasteiger partial charge in [0.1, 0.15) is 17.9 Å². The van der Waals surface area contributed by atoms with Crippen molar-refractivity contribution in [3.8, 4) is 5.75 Å². The number of rotatable bonds is 6. The summed E-state index contributed by atoms with van der Waals surface area (Å²) in [5, 5.41) is 10.9. The highest BCUT2D eigenvalue weighted by atomic mass is 16.6. The third-order valence-corrected chi connectivity index (χ3v) is 3.97. The maximum Gasteiger partial charge on any atom is 0.343 e. The number of carbonyl (C=O) groups excluding carboxylic acids is 1. The van der Waals surface area contributed by atoms with Gasteiger partial charge in [-0.15, -0.1) is 0 Å². The van der Waals surface area contributed by atoms with Gasteiger partial charge in [-0.1, -0.05) is 24.3 Å². The summed E-state index contributed by atoms with van der Waals surface area (Å²) in [5.74, 6) is -0.526. The van der Waals surface area contributed by atoms with Crippen molar-refractivity contribution in [1.29, 1.82) is 0 Å². The van der Waals surface area contributed by atoms with Gasteiger partial charge < -0.3 is 19.0 Å². The van der Waals surface area contributed by atoms with Gasteiger partial charge in [0.25, 0.3) is 0 Å². The van der Waals surface area contributed by atoms with Crippen LogP contribution in [0, 0.1) is 0 Å². The number of carbonyl (C=O) groups is 1. The van der Waals surface area contributed by atoms with E-state index >= 15 is 0 Å². The number of hydrogen-bond acceptors (Lipinski definition) is 6. The van der Waals surface area contributed by atoms with E-state index in [4.69, 9.17) is 13.9 Å². The quantitative estimate of drug-likeness (QED) is 0.416. The van der Waals surface area contributed by atoms with Gasteiger partial charge in [0.05, 0.1) is 23.1 Å². The van der Waals surface area contributed by atoms with E-state index in [1.165, 1.54) is 7.11 Å². The van der Waals surface area contributed by atoms with Crippen LogP contribution in [-0.2, 0) is 15.9 Å². The number of benzene rings is 2. The second-order valence-electron chi connectivity index (χ2n) is 5.72. The Bertz CT molecular complexity index is 972. The van der Waals surface area contributed by atoms with Gasteiger partial charge in [-0.3, -0.25) is 0 Å². The first-order chi connectivity index (χ1) is 12.6. The molecular weight excluding hydrogens is 336 g/mol. The molecule has 1 heterocycles. The molecule has 2 aromatic carbocycles. The normalized spacial score (nSPS) is 10.8. The van der Waals surface area contributed by atoms with Gasteiger partial charge in [-0.25, -0.2) is 9.59 Å². The molecule has 1 N–H and O–H groups in total. The lowest BCUT2D eigenvalue weighted by atomic mass is 10.0. The molecule has 3 rings (SSSR count). The minimum Gasteiger partial charge on any atom is -0.507 e. The van der Waals surface area contributed by atoms with Crippen molar-refractivity contribution < 1.29 is 23.8 Å². The minimum atomic E-state index is -0.579. The number of aromatic hydroxyl groups is 1. The van der Waals surface area contributed by atoms with Gasteiger partial charge in [0.15, 0.2) is 0 Å². The molecule has 0 aliphatic heterocycles. The molecule has 0 spiro atoms. The maximum atomic E-state index is 12.2. The van der Waals surface area contributed by atoms with E-state index in [-0.39, 0.29) is 24.3 Å². The lowest BCUT2D eigenvalue weighted by molar-refractivity contribution is 0.0388. The van der Waals surface area contributed by atoms with E-state index < -0.39 is 11.6 Å². The third kappa shape index (κ3) is 3.75. The summed E-state index contributed by atoms with van der Waals surface area (Å²) in [6.07, 6.45) is 0.192. The van der Waals surface area contributed by atoms with Crippen LogP contribution in [0.4, 0.5) is 0 Å². The van der Waals surface area contributed by atoms with Crippen LogP contribution in [0.1, 0.15) is 21.5 Å². The van der Waals surface area contributed by atoms with Gasteiger partial charge in [0.2, 0.25) is 0 Å². The minimum absolute atomic E-state index is 0.0834. The fourth-order valence-corrected chi connectivity index (χ4v) is 2.59. The molecule has 0 saturated carbocycles. The van der Waals surface area contributed by atoms with Crippen molar-refractivity contribution in [2.24, 2.45) is 0 Å². The second kappa shape index (κ2) is 7.84. The molecule has 6 heteroatoms. The van der Waals surface area contributed by atoms with E-state index in [9.17, 15) is 14.7 Å².